The molecule has 0 amide bonds. The number of pyridine rings is 1. The summed E-state index contributed by atoms with van der Waals surface area (Å²) in [6, 6.07) is 10.6. The summed E-state index contributed by atoms with van der Waals surface area (Å²) < 4.78 is 5.91. The first-order valence-electron chi connectivity index (χ1n) is 6.85. The summed E-state index contributed by atoms with van der Waals surface area (Å²) in [4.78, 5) is 4.67. The Morgan fingerprint density at radius 3 is 2.58 bits per heavy atom. The first-order chi connectivity index (χ1) is 9.06. The van der Waals surface area contributed by atoms with E-state index < -0.39 is 0 Å². The van der Waals surface area contributed by atoms with Gasteiger partial charge >= 0.3 is 0 Å². The van der Waals surface area contributed by atoms with Gasteiger partial charge in [0.25, 0.3) is 0 Å². The number of rotatable bonds is 5. The normalized spacial score (nSPS) is 11.5. The Morgan fingerprint density at radius 2 is 1.89 bits per heavy atom. The third-order valence-electron chi connectivity index (χ3n) is 2.79. The van der Waals surface area contributed by atoms with E-state index in [9.17, 15) is 0 Å². The second-order valence-electron chi connectivity index (χ2n) is 5.33. The van der Waals surface area contributed by atoms with Crippen molar-refractivity contribution in [3.63, 3.8) is 0 Å². The lowest BCUT2D eigenvalue weighted by molar-refractivity contribution is 0.245. The van der Waals surface area contributed by atoms with E-state index in [1.165, 1.54) is 0 Å². The van der Waals surface area contributed by atoms with Gasteiger partial charge in [0.2, 0.25) is 0 Å². The molecule has 2 aromatic rings. The summed E-state index contributed by atoms with van der Waals surface area (Å²) in [6.07, 6.45) is 0.164. The summed E-state index contributed by atoms with van der Waals surface area (Å²) in [6.45, 7) is 9.11. The van der Waals surface area contributed by atoms with E-state index in [0.717, 1.165) is 28.9 Å². The zero-order chi connectivity index (χ0) is 13.8. The number of benzene rings is 1. The molecule has 2 rings (SSSR count). The molecule has 1 N–H and O–H groups in total. The van der Waals surface area contributed by atoms with Gasteiger partial charge in [-0.05, 0) is 26.0 Å². The monoisotopic (exact) mass is 258 g/mol. The average molecular weight is 258 g/mol. The molecule has 1 aromatic heterocycles. The minimum absolute atomic E-state index is 0.164. The van der Waals surface area contributed by atoms with Crippen molar-refractivity contribution in [2.45, 2.75) is 46.4 Å². The molecule has 0 saturated carbocycles. The Hall–Kier alpha value is -1.61. The van der Waals surface area contributed by atoms with Crippen LogP contribution in [0.15, 0.2) is 30.3 Å². The predicted molar refractivity (Wildman–Crippen MR) is 79.5 cm³/mol. The van der Waals surface area contributed by atoms with E-state index in [4.69, 9.17) is 4.74 Å². The lowest BCUT2D eigenvalue weighted by Gasteiger charge is -2.14. The van der Waals surface area contributed by atoms with Gasteiger partial charge in [-0.25, -0.2) is 0 Å². The second-order valence-corrected chi connectivity index (χ2v) is 5.33. The molecule has 0 aliphatic rings. The maximum Gasteiger partial charge on any atom is 0.130 e. The Labute approximate surface area is 115 Å². The van der Waals surface area contributed by atoms with Crippen molar-refractivity contribution < 1.29 is 4.74 Å². The lowest BCUT2D eigenvalue weighted by Crippen LogP contribution is -2.22. The highest BCUT2D eigenvalue weighted by Gasteiger charge is 2.08. The summed E-state index contributed by atoms with van der Waals surface area (Å²) in [5, 5.41) is 4.46. The van der Waals surface area contributed by atoms with Gasteiger partial charge in [-0.15, -0.1) is 0 Å². The van der Waals surface area contributed by atoms with Crippen LogP contribution in [0, 0.1) is 0 Å². The molecular formula is C16H22N2O. The van der Waals surface area contributed by atoms with Gasteiger partial charge in [0.15, 0.2) is 0 Å². The number of ether oxygens (including phenoxy) is 1. The van der Waals surface area contributed by atoms with Crippen LogP contribution in [-0.2, 0) is 6.54 Å². The van der Waals surface area contributed by atoms with Gasteiger partial charge in [0, 0.05) is 24.0 Å². The Balaban J connectivity index is 2.38. The highest BCUT2D eigenvalue weighted by molar-refractivity contribution is 5.85. The summed E-state index contributed by atoms with van der Waals surface area (Å²) in [5.74, 6) is 0.918. The zero-order valence-corrected chi connectivity index (χ0v) is 12.1. The van der Waals surface area contributed by atoms with Crippen molar-refractivity contribution in [1.29, 1.82) is 0 Å². The third kappa shape index (κ3) is 3.67. The Kier molecular flexibility index (Phi) is 4.38. The van der Waals surface area contributed by atoms with Crippen LogP contribution in [0.2, 0.25) is 0 Å². The van der Waals surface area contributed by atoms with Crippen LogP contribution in [0.1, 0.15) is 33.4 Å². The van der Waals surface area contributed by atoms with Crippen molar-refractivity contribution in [3.8, 4) is 5.75 Å². The number of hydrogen-bond acceptors (Lipinski definition) is 3. The molecule has 3 nitrogen and oxygen atoms in total. The van der Waals surface area contributed by atoms with Crippen LogP contribution in [0.4, 0.5) is 0 Å². The van der Waals surface area contributed by atoms with E-state index in [1.807, 2.05) is 38.1 Å². The van der Waals surface area contributed by atoms with Crippen molar-refractivity contribution in [2.75, 3.05) is 0 Å². The van der Waals surface area contributed by atoms with E-state index in [-0.39, 0.29) is 6.10 Å². The molecule has 0 atom stereocenters. The second kappa shape index (κ2) is 6.02. The van der Waals surface area contributed by atoms with Gasteiger partial charge in [-0.3, -0.25) is 4.98 Å². The van der Waals surface area contributed by atoms with E-state index in [1.54, 1.807) is 0 Å². The average Bonchev–Trinajstić information content (AvgIpc) is 2.35. The van der Waals surface area contributed by atoms with Crippen LogP contribution in [0.5, 0.6) is 5.75 Å². The number of aromatic nitrogens is 1. The molecule has 0 unspecified atom stereocenters. The van der Waals surface area contributed by atoms with Crippen LogP contribution < -0.4 is 10.1 Å². The Bertz CT molecular complexity index is 549. The van der Waals surface area contributed by atoms with Crippen LogP contribution in [0.25, 0.3) is 10.9 Å². The molecule has 0 bridgehead atoms. The van der Waals surface area contributed by atoms with Gasteiger partial charge in [-0.2, -0.15) is 0 Å². The molecule has 19 heavy (non-hydrogen) atoms. The van der Waals surface area contributed by atoms with E-state index in [2.05, 4.69) is 30.2 Å². The van der Waals surface area contributed by atoms with Crippen LogP contribution in [0.3, 0.4) is 0 Å². The molecule has 0 radical (unpaired) electrons. The first-order valence-corrected chi connectivity index (χ1v) is 6.85. The molecule has 0 aliphatic heterocycles. The zero-order valence-electron chi connectivity index (χ0n) is 12.1. The molecule has 0 saturated heterocycles. The predicted octanol–water partition coefficient (Wildman–Crippen LogP) is 3.52. The number of fused-ring (bicyclic) bond motifs is 1. The maximum atomic E-state index is 5.91. The van der Waals surface area contributed by atoms with Gasteiger partial charge in [-0.1, -0.05) is 26.0 Å². The van der Waals surface area contributed by atoms with Crippen molar-refractivity contribution in [1.82, 2.24) is 10.3 Å². The standard InChI is InChI=1S/C16H22N2O/c1-11(2)17-10-13-9-16(19-12(3)4)14-7-5-6-8-15(14)18-13/h5-9,11-12,17H,10H2,1-4H3. The first kappa shape index (κ1) is 13.8. The fourth-order valence-corrected chi connectivity index (χ4v) is 1.95. The quantitative estimate of drug-likeness (QED) is 0.891. The molecular weight excluding hydrogens is 236 g/mol. The summed E-state index contributed by atoms with van der Waals surface area (Å²) >= 11 is 0. The van der Waals surface area contributed by atoms with Crippen molar-refractivity contribution >= 4 is 10.9 Å². The largest absolute Gasteiger partial charge is 0.490 e. The third-order valence-corrected chi connectivity index (χ3v) is 2.79. The maximum absolute atomic E-state index is 5.91. The lowest BCUT2D eigenvalue weighted by atomic mass is 10.1. The highest BCUT2D eigenvalue weighted by Crippen LogP contribution is 2.26. The summed E-state index contributed by atoms with van der Waals surface area (Å²) in [5.41, 5.74) is 2.00. The van der Waals surface area contributed by atoms with Gasteiger partial charge < -0.3 is 10.1 Å². The smallest absolute Gasteiger partial charge is 0.130 e. The van der Waals surface area contributed by atoms with Crippen molar-refractivity contribution in [3.05, 3.63) is 36.0 Å². The van der Waals surface area contributed by atoms with Gasteiger partial charge in [0.1, 0.15) is 5.75 Å². The fraction of sp³-hybridized carbons (Fsp3) is 0.438. The molecule has 0 fully saturated rings. The molecule has 0 aliphatic carbocycles. The number of hydrogen-bond donors (Lipinski definition) is 1. The molecule has 0 spiro atoms. The number of nitrogens with one attached hydrogen (secondary N) is 1. The molecule has 1 heterocycles. The van der Waals surface area contributed by atoms with Crippen molar-refractivity contribution in [2.24, 2.45) is 0 Å². The van der Waals surface area contributed by atoms with Crippen LogP contribution >= 0.6 is 0 Å². The highest BCUT2D eigenvalue weighted by atomic mass is 16.5. The van der Waals surface area contributed by atoms with E-state index in [0.29, 0.717) is 6.04 Å². The minimum atomic E-state index is 0.164. The van der Waals surface area contributed by atoms with Crippen LogP contribution in [-0.4, -0.2) is 17.1 Å². The molecule has 3 heteroatoms. The topological polar surface area (TPSA) is 34.1 Å². The number of nitrogens with zero attached hydrogens (tertiary/aromatic N) is 1. The molecule has 1 aromatic carbocycles. The van der Waals surface area contributed by atoms with Gasteiger partial charge in [0.05, 0.1) is 17.3 Å². The SMILES string of the molecule is CC(C)NCc1cc(OC(C)C)c2ccccc2n1. The Morgan fingerprint density at radius 1 is 1.16 bits per heavy atom. The van der Waals surface area contributed by atoms with E-state index >= 15 is 0 Å². The fourth-order valence-electron chi connectivity index (χ4n) is 1.95. The molecule has 102 valence electrons. The minimum Gasteiger partial charge on any atom is -0.490 e. The number of para-hydroxylation sites is 1. The summed E-state index contributed by atoms with van der Waals surface area (Å²) in [7, 11) is 0.